The van der Waals surface area contributed by atoms with Crippen LogP contribution in [0.5, 0.6) is 11.6 Å². The average Bonchev–Trinajstić information content (AvgIpc) is 2.47. The van der Waals surface area contributed by atoms with Gasteiger partial charge < -0.3 is 4.74 Å². The van der Waals surface area contributed by atoms with Crippen molar-refractivity contribution in [1.82, 2.24) is 10.2 Å². The van der Waals surface area contributed by atoms with Gasteiger partial charge in [0, 0.05) is 0 Å². The minimum Gasteiger partial charge on any atom is -0.436 e. The van der Waals surface area contributed by atoms with Crippen LogP contribution in [0.15, 0.2) is 36.5 Å². The lowest BCUT2D eigenvalue weighted by molar-refractivity contribution is 0.443. The first kappa shape index (κ1) is 13.0. The fourth-order valence-corrected chi connectivity index (χ4v) is 1.78. The van der Waals surface area contributed by atoms with Crippen LogP contribution in [0.2, 0.25) is 0 Å². The summed E-state index contributed by atoms with van der Waals surface area (Å²) in [4.78, 5) is 0. The third-order valence-corrected chi connectivity index (χ3v) is 3.08. The van der Waals surface area contributed by atoms with Crippen LogP contribution in [0.4, 0.5) is 0 Å². The largest absolute Gasteiger partial charge is 0.436 e. The van der Waals surface area contributed by atoms with Crippen molar-refractivity contribution in [2.24, 2.45) is 0 Å². The predicted molar refractivity (Wildman–Crippen MR) is 72.0 cm³/mol. The molecule has 4 nitrogen and oxygen atoms in total. The van der Waals surface area contributed by atoms with E-state index in [-0.39, 0.29) is 5.88 Å². The molecule has 0 amide bonds. The van der Waals surface area contributed by atoms with E-state index >= 15 is 0 Å². The van der Waals surface area contributed by atoms with Gasteiger partial charge in [-0.15, -0.1) is 5.10 Å². The molecule has 96 valence electrons. The van der Waals surface area contributed by atoms with Crippen LogP contribution in [0.3, 0.4) is 0 Å². The summed E-state index contributed by atoms with van der Waals surface area (Å²) in [6.07, 6.45) is 2.50. The van der Waals surface area contributed by atoms with Gasteiger partial charge in [-0.1, -0.05) is 32.0 Å². The van der Waals surface area contributed by atoms with Crippen molar-refractivity contribution in [3.05, 3.63) is 47.7 Å². The van der Waals surface area contributed by atoms with E-state index in [0.29, 0.717) is 11.5 Å². The summed E-state index contributed by atoms with van der Waals surface area (Å²) in [6.45, 7) is 4.27. The average molecular weight is 253 g/mol. The molecule has 1 aromatic heterocycles. The highest BCUT2D eigenvalue weighted by Gasteiger charge is 2.13. The minimum absolute atomic E-state index is 0.251. The van der Waals surface area contributed by atoms with E-state index in [1.807, 2.05) is 24.3 Å². The van der Waals surface area contributed by atoms with Gasteiger partial charge in [-0.3, -0.25) is 0 Å². The van der Waals surface area contributed by atoms with Gasteiger partial charge in [-0.2, -0.15) is 10.4 Å². The molecule has 0 N–H and O–H groups in total. The number of para-hydroxylation sites is 1. The third-order valence-electron chi connectivity index (χ3n) is 3.08. The molecular formula is C15H15N3O. The molecule has 0 fully saturated rings. The van der Waals surface area contributed by atoms with Crippen LogP contribution in [-0.4, -0.2) is 10.2 Å². The van der Waals surface area contributed by atoms with E-state index in [1.54, 1.807) is 6.07 Å². The monoisotopic (exact) mass is 253 g/mol. The van der Waals surface area contributed by atoms with E-state index < -0.39 is 0 Å². The molecule has 1 heterocycles. The van der Waals surface area contributed by atoms with E-state index in [9.17, 15) is 0 Å². The molecule has 0 bridgehead atoms. The summed E-state index contributed by atoms with van der Waals surface area (Å²) in [5, 5.41) is 16.7. The van der Waals surface area contributed by atoms with Crippen LogP contribution >= 0.6 is 0 Å². The van der Waals surface area contributed by atoms with Crippen LogP contribution < -0.4 is 4.74 Å². The molecule has 2 aromatic rings. The third kappa shape index (κ3) is 2.89. The van der Waals surface area contributed by atoms with Crippen molar-refractivity contribution >= 4 is 0 Å². The Hall–Kier alpha value is -2.41. The number of benzene rings is 1. The Labute approximate surface area is 112 Å². The first-order chi connectivity index (χ1) is 9.26. The van der Waals surface area contributed by atoms with E-state index in [2.05, 4.69) is 30.1 Å². The SMILES string of the molecule is CCC(C)c1ccccc1Oc1nnccc1C#N. The lowest BCUT2D eigenvalue weighted by Gasteiger charge is -2.14. The zero-order chi connectivity index (χ0) is 13.7. The normalized spacial score (nSPS) is 11.6. The highest BCUT2D eigenvalue weighted by atomic mass is 16.5. The molecule has 0 aliphatic heterocycles. The summed E-state index contributed by atoms with van der Waals surface area (Å²) in [5.41, 5.74) is 1.49. The van der Waals surface area contributed by atoms with Crippen molar-refractivity contribution in [3.63, 3.8) is 0 Å². The number of nitrogens with zero attached hydrogens (tertiary/aromatic N) is 3. The molecule has 4 heteroatoms. The van der Waals surface area contributed by atoms with E-state index in [0.717, 1.165) is 17.7 Å². The smallest absolute Gasteiger partial charge is 0.256 e. The summed E-state index contributed by atoms with van der Waals surface area (Å²) in [6, 6.07) is 11.5. The highest BCUT2D eigenvalue weighted by Crippen LogP contribution is 2.31. The van der Waals surface area contributed by atoms with Gasteiger partial charge in [-0.25, -0.2) is 0 Å². The zero-order valence-corrected chi connectivity index (χ0v) is 11.0. The Bertz CT molecular complexity index is 604. The van der Waals surface area contributed by atoms with Crippen LogP contribution in [-0.2, 0) is 0 Å². The van der Waals surface area contributed by atoms with E-state index in [4.69, 9.17) is 10.00 Å². The Balaban J connectivity index is 2.36. The Morgan fingerprint density at radius 3 is 2.84 bits per heavy atom. The molecule has 1 unspecified atom stereocenters. The molecular weight excluding hydrogens is 238 g/mol. The van der Waals surface area contributed by atoms with Crippen molar-refractivity contribution in [2.45, 2.75) is 26.2 Å². The molecule has 19 heavy (non-hydrogen) atoms. The molecule has 0 spiro atoms. The maximum atomic E-state index is 9.02. The second-order valence-electron chi connectivity index (χ2n) is 4.31. The Morgan fingerprint density at radius 2 is 2.11 bits per heavy atom. The molecule has 0 aliphatic carbocycles. The van der Waals surface area contributed by atoms with Crippen molar-refractivity contribution in [3.8, 4) is 17.7 Å². The van der Waals surface area contributed by atoms with Crippen LogP contribution in [0.25, 0.3) is 0 Å². The minimum atomic E-state index is 0.251. The van der Waals surface area contributed by atoms with Gasteiger partial charge >= 0.3 is 0 Å². The van der Waals surface area contributed by atoms with Gasteiger partial charge in [-0.05, 0) is 30.0 Å². The van der Waals surface area contributed by atoms with Crippen LogP contribution in [0, 0.1) is 11.3 Å². The Kier molecular flexibility index (Phi) is 4.09. The number of nitriles is 1. The van der Waals surface area contributed by atoms with Gasteiger partial charge in [0.2, 0.25) is 0 Å². The molecule has 0 radical (unpaired) electrons. The molecule has 1 atom stereocenters. The maximum Gasteiger partial charge on any atom is 0.256 e. The van der Waals surface area contributed by atoms with E-state index in [1.165, 1.54) is 6.20 Å². The lowest BCUT2D eigenvalue weighted by atomic mass is 9.98. The molecule has 2 rings (SSSR count). The highest BCUT2D eigenvalue weighted by molar-refractivity contribution is 5.42. The topological polar surface area (TPSA) is 58.8 Å². The molecule has 0 saturated heterocycles. The number of rotatable bonds is 4. The zero-order valence-electron chi connectivity index (χ0n) is 11.0. The standard InChI is InChI=1S/C15H15N3O/c1-3-11(2)13-6-4-5-7-14(13)19-15-12(10-16)8-9-17-18-15/h4-9,11H,3H2,1-2H3. The summed E-state index contributed by atoms with van der Waals surface area (Å²) < 4.78 is 5.76. The van der Waals surface area contributed by atoms with Crippen molar-refractivity contribution in [1.29, 1.82) is 5.26 Å². The number of hydrogen-bond acceptors (Lipinski definition) is 4. The van der Waals surface area contributed by atoms with Crippen molar-refractivity contribution < 1.29 is 4.74 Å². The van der Waals surface area contributed by atoms with Gasteiger partial charge in [0.05, 0.1) is 6.20 Å². The van der Waals surface area contributed by atoms with Gasteiger partial charge in [0.15, 0.2) is 0 Å². The summed E-state index contributed by atoms with van der Waals surface area (Å²) in [7, 11) is 0. The van der Waals surface area contributed by atoms with Crippen LogP contribution in [0.1, 0.15) is 37.3 Å². The Morgan fingerprint density at radius 1 is 1.32 bits per heavy atom. The first-order valence-corrected chi connectivity index (χ1v) is 6.24. The van der Waals surface area contributed by atoms with Gasteiger partial charge in [0.25, 0.3) is 5.88 Å². The van der Waals surface area contributed by atoms with Crippen molar-refractivity contribution in [2.75, 3.05) is 0 Å². The predicted octanol–water partition coefficient (Wildman–Crippen LogP) is 3.65. The second-order valence-corrected chi connectivity index (χ2v) is 4.31. The summed E-state index contributed by atoms with van der Waals surface area (Å²) >= 11 is 0. The molecule has 0 aliphatic rings. The quantitative estimate of drug-likeness (QED) is 0.834. The second kappa shape index (κ2) is 5.96. The summed E-state index contributed by atoms with van der Waals surface area (Å²) in [5.74, 6) is 1.37. The van der Waals surface area contributed by atoms with Gasteiger partial charge in [0.1, 0.15) is 17.4 Å². The molecule has 1 aromatic carbocycles. The maximum absolute atomic E-state index is 9.02. The number of ether oxygens (including phenoxy) is 1. The fourth-order valence-electron chi connectivity index (χ4n) is 1.78. The molecule has 0 saturated carbocycles. The number of aromatic nitrogens is 2. The fraction of sp³-hybridized carbons (Fsp3) is 0.267. The first-order valence-electron chi connectivity index (χ1n) is 6.24. The lowest BCUT2D eigenvalue weighted by Crippen LogP contribution is -1.99. The number of hydrogen-bond donors (Lipinski definition) is 0.